The van der Waals surface area contributed by atoms with Gasteiger partial charge in [-0.3, -0.25) is 10.1 Å². The van der Waals surface area contributed by atoms with Gasteiger partial charge >= 0.3 is 5.69 Å². The van der Waals surface area contributed by atoms with Crippen LogP contribution in [-0.2, 0) is 6.42 Å². The molecule has 0 fully saturated rings. The number of pyridine rings is 1. The molecule has 0 aliphatic heterocycles. The van der Waals surface area contributed by atoms with E-state index in [1.807, 2.05) is 25.1 Å². The summed E-state index contributed by atoms with van der Waals surface area (Å²) in [7, 11) is 0. The zero-order valence-corrected chi connectivity index (χ0v) is 11.8. The summed E-state index contributed by atoms with van der Waals surface area (Å²) in [6.45, 7) is 2.04. The molecule has 0 saturated carbocycles. The average molecular weight is 286 g/mol. The standard InChI is InChI=1S/C15H18N4O2/c1-11(7-8-12-5-3-2-4-6-12)17-14-10-9-13(19(20)21)15(16)18-14/h2-6,9-11H,7-8H2,1H3,(H3,16,17,18). The largest absolute Gasteiger partial charge is 0.378 e. The van der Waals surface area contributed by atoms with E-state index in [2.05, 4.69) is 22.4 Å². The predicted octanol–water partition coefficient (Wildman–Crippen LogP) is 3.01. The minimum absolute atomic E-state index is 0.0692. The molecule has 0 spiro atoms. The Morgan fingerprint density at radius 3 is 2.62 bits per heavy atom. The third-order valence-electron chi connectivity index (χ3n) is 3.20. The van der Waals surface area contributed by atoms with Crippen molar-refractivity contribution in [1.29, 1.82) is 0 Å². The van der Waals surface area contributed by atoms with Gasteiger partial charge in [0.05, 0.1) is 4.92 Å². The molecular formula is C15H18N4O2. The van der Waals surface area contributed by atoms with Gasteiger partial charge in [0.2, 0.25) is 5.82 Å². The number of nitrogens with one attached hydrogen (secondary N) is 1. The van der Waals surface area contributed by atoms with E-state index in [0.717, 1.165) is 12.8 Å². The highest BCUT2D eigenvalue weighted by Crippen LogP contribution is 2.21. The number of hydrogen-bond acceptors (Lipinski definition) is 5. The number of nitrogen functional groups attached to an aromatic ring is 1. The lowest BCUT2D eigenvalue weighted by atomic mass is 10.1. The summed E-state index contributed by atoms with van der Waals surface area (Å²) >= 11 is 0. The highest BCUT2D eigenvalue weighted by atomic mass is 16.6. The number of anilines is 2. The predicted molar refractivity (Wildman–Crippen MR) is 83.2 cm³/mol. The molecule has 1 atom stereocenters. The molecule has 0 aliphatic carbocycles. The Hall–Kier alpha value is -2.63. The van der Waals surface area contributed by atoms with E-state index in [-0.39, 0.29) is 17.5 Å². The fourth-order valence-corrected chi connectivity index (χ4v) is 2.05. The first-order chi connectivity index (χ1) is 10.1. The van der Waals surface area contributed by atoms with E-state index in [1.165, 1.54) is 11.6 Å². The molecule has 0 saturated heterocycles. The number of rotatable bonds is 6. The van der Waals surface area contributed by atoms with E-state index in [4.69, 9.17) is 5.73 Å². The van der Waals surface area contributed by atoms with Crippen LogP contribution in [0, 0.1) is 10.1 Å². The summed E-state index contributed by atoms with van der Waals surface area (Å²) in [5, 5.41) is 13.9. The summed E-state index contributed by atoms with van der Waals surface area (Å²) in [4.78, 5) is 14.2. The number of benzene rings is 1. The van der Waals surface area contributed by atoms with E-state index in [1.54, 1.807) is 6.07 Å². The maximum atomic E-state index is 10.7. The Bertz CT molecular complexity index is 616. The minimum Gasteiger partial charge on any atom is -0.378 e. The van der Waals surface area contributed by atoms with Gasteiger partial charge in [-0.1, -0.05) is 30.3 Å². The van der Waals surface area contributed by atoms with Gasteiger partial charge in [0.1, 0.15) is 5.82 Å². The van der Waals surface area contributed by atoms with Gasteiger partial charge in [-0.05, 0) is 31.4 Å². The van der Waals surface area contributed by atoms with Gasteiger partial charge in [-0.2, -0.15) is 0 Å². The van der Waals surface area contributed by atoms with Crippen LogP contribution >= 0.6 is 0 Å². The second-order valence-corrected chi connectivity index (χ2v) is 4.93. The van der Waals surface area contributed by atoms with Crippen molar-refractivity contribution in [3.8, 4) is 0 Å². The molecule has 1 heterocycles. The lowest BCUT2D eigenvalue weighted by Gasteiger charge is -2.14. The van der Waals surface area contributed by atoms with Gasteiger partial charge in [0.15, 0.2) is 0 Å². The Morgan fingerprint density at radius 1 is 1.29 bits per heavy atom. The van der Waals surface area contributed by atoms with E-state index < -0.39 is 4.92 Å². The second-order valence-electron chi connectivity index (χ2n) is 4.93. The third-order valence-corrected chi connectivity index (χ3v) is 3.20. The fraction of sp³-hybridized carbons (Fsp3) is 0.267. The molecular weight excluding hydrogens is 268 g/mol. The maximum Gasteiger partial charge on any atom is 0.311 e. The van der Waals surface area contributed by atoms with Gasteiger partial charge in [0.25, 0.3) is 0 Å². The van der Waals surface area contributed by atoms with Crippen molar-refractivity contribution in [2.75, 3.05) is 11.1 Å². The lowest BCUT2D eigenvalue weighted by Crippen LogP contribution is -2.17. The maximum absolute atomic E-state index is 10.7. The molecule has 0 aliphatic rings. The highest BCUT2D eigenvalue weighted by Gasteiger charge is 2.13. The Labute approximate surface area is 123 Å². The molecule has 0 amide bonds. The molecule has 1 unspecified atom stereocenters. The van der Waals surface area contributed by atoms with Crippen LogP contribution in [0.1, 0.15) is 18.9 Å². The number of hydrogen-bond donors (Lipinski definition) is 2. The van der Waals surface area contributed by atoms with Crippen molar-refractivity contribution in [3.63, 3.8) is 0 Å². The van der Waals surface area contributed by atoms with Crippen molar-refractivity contribution in [1.82, 2.24) is 4.98 Å². The Kier molecular flexibility index (Phi) is 4.71. The zero-order valence-electron chi connectivity index (χ0n) is 11.8. The number of nitrogens with zero attached hydrogens (tertiary/aromatic N) is 2. The molecule has 2 aromatic rings. The monoisotopic (exact) mass is 286 g/mol. The van der Waals surface area contributed by atoms with E-state index in [9.17, 15) is 10.1 Å². The Morgan fingerprint density at radius 2 is 2.00 bits per heavy atom. The molecule has 1 aromatic carbocycles. The molecule has 110 valence electrons. The molecule has 2 rings (SSSR count). The van der Waals surface area contributed by atoms with Crippen molar-refractivity contribution in [2.24, 2.45) is 0 Å². The smallest absolute Gasteiger partial charge is 0.311 e. The molecule has 21 heavy (non-hydrogen) atoms. The SMILES string of the molecule is CC(CCc1ccccc1)Nc1ccc([N+](=O)[O-])c(N)n1. The minimum atomic E-state index is -0.537. The third kappa shape index (κ3) is 4.17. The summed E-state index contributed by atoms with van der Waals surface area (Å²) < 4.78 is 0. The van der Waals surface area contributed by atoms with Gasteiger partial charge in [-0.25, -0.2) is 4.98 Å². The molecule has 1 aromatic heterocycles. The van der Waals surface area contributed by atoms with Crippen molar-refractivity contribution < 1.29 is 4.92 Å². The normalized spacial score (nSPS) is 11.9. The van der Waals surface area contributed by atoms with Crippen LogP contribution < -0.4 is 11.1 Å². The zero-order chi connectivity index (χ0) is 15.2. The fourth-order valence-electron chi connectivity index (χ4n) is 2.05. The van der Waals surface area contributed by atoms with Crippen LogP contribution in [0.5, 0.6) is 0 Å². The van der Waals surface area contributed by atoms with Crippen LogP contribution in [-0.4, -0.2) is 15.9 Å². The molecule has 3 N–H and O–H groups in total. The van der Waals surface area contributed by atoms with Crippen LogP contribution in [0.4, 0.5) is 17.3 Å². The summed E-state index contributed by atoms with van der Waals surface area (Å²) in [6, 6.07) is 13.4. The topological polar surface area (TPSA) is 94.1 Å². The molecule has 0 bridgehead atoms. The van der Waals surface area contributed by atoms with Gasteiger partial charge < -0.3 is 11.1 Å². The number of nitro groups is 1. The highest BCUT2D eigenvalue weighted by molar-refractivity contribution is 5.57. The summed E-state index contributed by atoms with van der Waals surface area (Å²) in [5.74, 6) is 0.485. The first kappa shape index (κ1) is 14.8. The van der Waals surface area contributed by atoms with Gasteiger partial charge in [0, 0.05) is 12.1 Å². The quantitative estimate of drug-likeness (QED) is 0.628. The molecule has 6 nitrogen and oxygen atoms in total. The van der Waals surface area contributed by atoms with Crippen LogP contribution in [0.3, 0.4) is 0 Å². The first-order valence-electron chi connectivity index (χ1n) is 6.77. The summed E-state index contributed by atoms with van der Waals surface area (Å²) in [5.41, 5.74) is 6.68. The van der Waals surface area contributed by atoms with Crippen LogP contribution in [0.25, 0.3) is 0 Å². The van der Waals surface area contributed by atoms with Gasteiger partial charge in [-0.15, -0.1) is 0 Å². The number of nitrogens with two attached hydrogens (primary N) is 1. The van der Waals surface area contributed by atoms with Crippen LogP contribution in [0.2, 0.25) is 0 Å². The molecule has 0 radical (unpaired) electrons. The van der Waals surface area contributed by atoms with E-state index >= 15 is 0 Å². The lowest BCUT2D eigenvalue weighted by molar-refractivity contribution is -0.384. The Balaban J connectivity index is 1.92. The number of aromatic nitrogens is 1. The molecule has 6 heteroatoms. The average Bonchev–Trinajstić information content (AvgIpc) is 2.46. The first-order valence-corrected chi connectivity index (χ1v) is 6.77. The van der Waals surface area contributed by atoms with Crippen LogP contribution in [0.15, 0.2) is 42.5 Å². The summed E-state index contributed by atoms with van der Waals surface area (Å²) in [6.07, 6.45) is 1.89. The van der Waals surface area contributed by atoms with Crippen molar-refractivity contribution >= 4 is 17.3 Å². The van der Waals surface area contributed by atoms with Crippen molar-refractivity contribution in [2.45, 2.75) is 25.8 Å². The van der Waals surface area contributed by atoms with Crippen molar-refractivity contribution in [3.05, 3.63) is 58.1 Å². The number of aryl methyl sites for hydroxylation is 1. The second kappa shape index (κ2) is 6.69. The van der Waals surface area contributed by atoms with E-state index in [0.29, 0.717) is 5.82 Å².